The van der Waals surface area contributed by atoms with Gasteiger partial charge < -0.3 is 19.6 Å². The number of allylic oxidation sites excluding steroid dienone is 1. The maximum Gasteiger partial charge on any atom is 0.310 e. The topological polar surface area (TPSA) is 87.2 Å². The largest absolute Gasteiger partial charge is 0.465 e. The number of amides is 2. The van der Waals surface area contributed by atoms with Crippen molar-refractivity contribution in [1.82, 2.24) is 4.90 Å². The number of hydrogen-bond acceptors (Lipinski definition) is 6. The van der Waals surface area contributed by atoms with E-state index >= 15 is 0 Å². The van der Waals surface area contributed by atoms with Crippen LogP contribution < -0.4 is 4.90 Å². The standard InChI is InChI=1S/C29H37ClN2O5S/c1-5-8-9-15-37-28(36)23-22-16-18(4)29(38-22)24(23)26(34)32(20(7-3)17-33)25(29)27(35)31(14-6-2)21-12-10-19(30)11-13-21/h5-6,10-13,18,20,22-25,33H,1-2,7-9,14-17H2,3-4H3/t18?,20-,22-,23+,24-,25?,29?/m0/s1. The number of fused-ring (bicyclic) bond motifs is 1. The first-order valence-electron chi connectivity index (χ1n) is 13.3. The van der Waals surface area contributed by atoms with Crippen LogP contribution in [0.2, 0.25) is 5.02 Å². The first-order valence-corrected chi connectivity index (χ1v) is 14.6. The van der Waals surface area contributed by atoms with Crippen molar-refractivity contribution in [2.45, 2.75) is 61.6 Å². The van der Waals surface area contributed by atoms with Gasteiger partial charge in [0.05, 0.1) is 35.8 Å². The zero-order valence-electron chi connectivity index (χ0n) is 22.1. The van der Waals surface area contributed by atoms with Crippen molar-refractivity contribution < 1.29 is 24.2 Å². The van der Waals surface area contributed by atoms with E-state index < -0.39 is 28.7 Å². The SMILES string of the molecule is C=CCCCOC(=O)[C@@H]1[C@@H]2CC(C)C3(S2)C(C(=O)N(CC=C)c2ccc(Cl)cc2)N([C@@H](CC)CO)C(=O)[C@H]13. The number of ether oxygens (including phenoxy) is 1. The van der Waals surface area contributed by atoms with Crippen LogP contribution in [-0.4, -0.2) is 69.6 Å². The average molecular weight is 561 g/mol. The van der Waals surface area contributed by atoms with E-state index in [1.807, 2.05) is 6.92 Å². The molecule has 2 bridgehead atoms. The molecule has 38 heavy (non-hydrogen) atoms. The molecule has 1 spiro atoms. The fourth-order valence-electron chi connectivity index (χ4n) is 6.53. The van der Waals surface area contributed by atoms with Gasteiger partial charge in [-0.15, -0.1) is 24.9 Å². The zero-order valence-corrected chi connectivity index (χ0v) is 23.6. The predicted molar refractivity (Wildman–Crippen MR) is 151 cm³/mol. The van der Waals surface area contributed by atoms with E-state index in [9.17, 15) is 19.5 Å². The number of nitrogens with zero attached hydrogens (tertiary/aromatic N) is 2. The Morgan fingerprint density at radius 3 is 2.63 bits per heavy atom. The van der Waals surface area contributed by atoms with Crippen LogP contribution in [0, 0.1) is 17.8 Å². The predicted octanol–water partition coefficient (Wildman–Crippen LogP) is 4.48. The minimum Gasteiger partial charge on any atom is -0.465 e. The molecule has 0 aromatic heterocycles. The summed E-state index contributed by atoms with van der Waals surface area (Å²) in [7, 11) is 0. The molecular weight excluding hydrogens is 524 g/mol. The van der Waals surface area contributed by atoms with Crippen molar-refractivity contribution in [3.8, 4) is 0 Å². The van der Waals surface area contributed by atoms with Crippen LogP contribution >= 0.6 is 23.4 Å². The maximum atomic E-state index is 14.5. The summed E-state index contributed by atoms with van der Waals surface area (Å²) in [6.07, 6.45) is 6.04. The molecule has 9 heteroatoms. The number of hydrogen-bond donors (Lipinski definition) is 1. The fraction of sp³-hybridized carbons (Fsp3) is 0.552. The first kappa shape index (κ1) is 28.7. The number of benzene rings is 1. The van der Waals surface area contributed by atoms with E-state index in [1.165, 1.54) is 0 Å². The second-order valence-corrected chi connectivity index (χ2v) is 12.3. The lowest BCUT2D eigenvalue weighted by Crippen LogP contribution is -2.59. The Hall–Kier alpha value is -2.29. The number of esters is 1. The number of anilines is 1. The number of carbonyl (C=O) groups is 3. The van der Waals surface area contributed by atoms with Crippen LogP contribution in [-0.2, 0) is 19.1 Å². The normalized spacial score (nSPS) is 30.2. The Bertz CT molecular complexity index is 1080. The third-order valence-corrected chi connectivity index (χ3v) is 10.6. The van der Waals surface area contributed by atoms with Gasteiger partial charge in [-0.1, -0.05) is 37.6 Å². The summed E-state index contributed by atoms with van der Waals surface area (Å²) in [6, 6.07) is 5.61. The highest BCUT2D eigenvalue weighted by Crippen LogP contribution is 2.69. The molecular formula is C29H37ClN2O5S. The summed E-state index contributed by atoms with van der Waals surface area (Å²) in [5, 5.41) is 10.7. The number of aliphatic hydroxyl groups is 1. The third kappa shape index (κ3) is 4.69. The van der Waals surface area contributed by atoms with Crippen LogP contribution in [0.5, 0.6) is 0 Å². The van der Waals surface area contributed by atoms with Gasteiger partial charge in [-0.2, -0.15) is 0 Å². The van der Waals surface area contributed by atoms with Gasteiger partial charge in [0.15, 0.2) is 0 Å². The molecule has 7 atom stereocenters. The van der Waals surface area contributed by atoms with Gasteiger partial charge in [-0.3, -0.25) is 14.4 Å². The lowest BCUT2D eigenvalue weighted by atomic mass is 9.66. The number of unbranched alkanes of at least 4 members (excludes halogenated alkanes) is 1. The molecule has 0 saturated carbocycles. The van der Waals surface area contributed by atoms with E-state index in [4.69, 9.17) is 16.3 Å². The van der Waals surface area contributed by atoms with Crippen LogP contribution in [0.1, 0.15) is 39.5 Å². The second-order valence-electron chi connectivity index (χ2n) is 10.4. The Labute approximate surface area is 234 Å². The Morgan fingerprint density at radius 2 is 2.03 bits per heavy atom. The Balaban J connectivity index is 1.76. The molecule has 4 rings (SSSR count). The highest BCUT2D eigenvalue weighted by Gasteiger charge is 2.77. The van der Waals surface area contributed by atoms with E-state index in [0.717, 1.165) is 12.8 Å². The average Bonchev–Trinajstić information content (AvgIpc) is 3.50. The minimum atomic E-state index is -0.837. The monoisotopic (exact) mass is 560 g/mol. The maximum absolute atomic E-state index is 14.5. The number of rotatable bonds is 12. The van der Waals surface area contributed by atoms with Crippen molar-refractivity contribution in [1.29, 1.82) is 0 Å². The molecule has 0 aliphatic carbocycles. The quantitative estimate of drug-likeness (QED) is 0.230. The number of likely N-dealkylation sites (tertiary alicyclic amines) is 1. The summed E-state index contributed by atoms with van der Waals surface area (Å²) in [5.74, 6) is -2.14. The van der Waals surface area contributed by atoms with Crippen molar-refractivity contribution in [3.05, 3.63) is 54.6 Å². The summed E-state index contributed by atoms with van der Waals surface area (Å²) < 4.78 is 4.84. The van der Waals surface area contributed by atoms with Crippen molar-refractivity contribution in [2.24, 2.45) is 17.8 Å². The molecule has 3 aliphatic rings. The molecule has 3 unspecified atom stereocenters. The molecule has 3 fully saturated rings. The van der Waals surface area contributed by atoms with Gasteiger partial charge >= 0.3 is 5.97 Å². The summed E-state index contributed by atoms with van der Waals surface area (Å²) in [5.41, 5.74) is 0.645. The van der Waals surface area contributed by atoms with Gasteiger partial charge in [0.25, 0.3) is 5.91 Å². The number of aliphatic hydroxyl groups excluding tert-OH is 1. The highest BCUT2D eigenvalue weighted by atomic mass is 35.5. The number of halogens is 1. The van der Waals surface area contributed by atoms with Gasteiger partial charge in [0.1, 0.15) is 6.04 Å². The van der Waals surface area contributed by atoms with E-state index in [0.29, 0.717) is 23.6 Å². The van der Waals surface area contributed by atoms with Gasteiger partial charge in [0, 0.05) is 22.5 Å². The minimum absolute atomic E-state index is 0.0159. The molecule has 206 valence electrons. The molecule has 1 aromatic carbocycles. The number of thioether (sulfide) groups is 1. The first-order chi connectivity index (χ1) is 18.3. The van der Waals surface area contributed by atoms with Gasteiger partial charge in [-0.25, -0.2) is 0 Å². The molecule has 0 radical (unpaired) electrons. The lowest BCUT2D eigenvalue weighted by Gasteiger charge is -2.42. The Morgan fingerprint density at radius 1 is 1.32 bits per heavy atom. The van der Waals surface area contributed by atoms with E-state index in [1.54, 1.807) is 58.0 Å². The molecule has 3 saturated heterocycles. The molecule has 3 heterocycles. The van der Waals surface area contributed by atoms with Gasteiger partial charge in [0.2, 0.25) is 5.91 Å². The molecule has 1 N–H and O–H groups in total. The summed E-state index contributed by atoms with van der Waals surface area (Å²) >= 11 is 7.70. The van der Waals surface area contributed by atoms with Crippen LogP contribution in [0.3, 0.4) is 0 Å². The third-order valence-electron chi connectivity index (χ3n) is 8.28. The van der Waals surface area contributed by atoms with Crippen molar-refractivity contribution >= 4 is 46.8 Å². The molecule has 2 amide bonds. The smallest absolute Gasteiger partial charge is 0.310 e. The van der Waals surface area contributed by atoms with E-state index in [2.05, 4.69) is 20.1 Å². The van der Waals surface area contributed by atoms with Gasteiger partial charge in [-0.05, 0) is 55.9 Å². The van der Waals surface area contributed by atoms with E-state index in [-0.39, 0.29) is 48.7 Å². The molecule has 1 aromatic rings. The zero-order chi connectivity index (χ0) is 27.6. The van der Waals surface area contributed by atoms with Crippen molar-refractivity contribution in [2.75, 3.05) is 24.7 Å². The summed E-state index contributed by atoms with van der Waals surface area (Å²) in [4.78, 5) is 45.3. The van der Waals surface area contributed by atoms with Crippen LogP contribution in [0.25, 0.3) is 0 Å². The summed E-state index contributed by atoms with van der Waals surface area (Å²) in [6.45, 7) is 11.8. The lowest BCUT2D eigenvalue weighted by molar-refractivity contribution is -0.155. The molecule has 3 aliphatic heterocycles. The molecule has 7 nitrogen and oxygen atoms in total. The Kier molecular flexibility index (Phi) is 8.95. The number of carbonyl (C=O) groups excluding carboxylic acids is 3. The van der Waals surface area contributed by atoms with Crippen LogP contribution in [0.4, 0.5) is 5.69 Å². The second kappa shape index (κ2) is 11.8. The van der Waals surface area contributed by atoms with Crippen LogP contribution in [0.15, 0.2) is 49.6 Å². The van der Waals surface area contributed by atoms with Crippen molar-refractivity contribution in [3.63, 3.8) is 0 Å². The fourth-order valence-corrected chi connectivity index (χ4v) is 9.05. The highest BCUT2D eigenvalue weighted by molar-refractivity contribution is 8.02.